The number of carbonyl (C=O) groups is 1. The zero-order chi connectivity index (χ0) is 29.7. The van der Waals surface area contributed by atoms with E-state index in [1.54, 1.807) is 0 Å². The van der Waals surface area contributed by atoms with Crippen molar-refractivity contribution < 1.29 is 70.1 Å². The van der Waals surface area contributed by atoms with Crippen LogP contribution in [0.1, 0.15) is 38.5 Å². The van der Waals surface area contributed by atoms with Gasteiger partial charge in [-0.2, -0.15) is 0 Å². The van der Waals surface area contributed by atoms with E-state index < -0.39 is 98.5 Å². The maximum Gasteiger partial charge on any atom is 0.229 e. The number of aliphatic hydroxyl groups is 9. The summed E-state index contributed by atoms with van der Waals surface area (Å²) in [5.74, 6) is -2.58. The first kappa shape index (κ1) is 29.8. The van der Waals surface area contributed by atoms with E-state index in [4.69, 9.17) is 14.2 Å². The summed E-state index contributed by atoms with van der Waals surface area (Å²) in [4.78, 5) is 13.9. The smallest absolute Gasteiger partial charge is 0.229 e. The molecule has 3 aliphatic rings. The number of ether oxygens (including phenoxy) is 3. The van der Waals surface area contributed by atoms with Crippen molar-refractivity contribution in [2.75, 3.05) is 13.2 Å². The highest BCUT2D eigenvalue weighted by Gasteiger charge is 2.51. The first-order valence-corrected chi connectivity index (χ1v) is 13.0. The van der Waals surface area contributed by atoms with Crippen LogP contribution in [0.25, 0.3) is 0 Å². The van der Waals surface area contributed by atoms with Crippen molar-refractivity contribution in [1.82, 2.24) is 0 Å². The Morgan fingerprint density at radius 3 is 2.00 bits per heavy atom. The highest BCUT2D eigenvalue weighted by Crippen LogP contribution is 2.48. The fraction of sp³-hybridized carbons (Fsp3) is 0.519. The quantitative estimate of drug-likeness (QED) is 0.160. The van der Waals surface area contributed by atoms with Crippen LogP contribution in [0.2, 0.25) is 0 Å². The van der Waals surface area contributed by atoms with E-state index in [1.165, 1.54) is 30.3 Å². The zero-order valence-corrected chi connectivity index (χ0v) is 21.5. The molecule has 10 N–H and O–H groups in total. The third-order valence-corrected chi connectivity index (χ3v) is 7.92. The Balaban J connectivity index is 1.65. The third kappa shape index (κ3) is 4.90. The Labute approximate surface area is 232 Å². The zero-order valence-electron chi connectivity index (χ0n) is 21.5. The van der Waals surface area contributed by atoms with Gasteiger partial charge < -0.3 is 65.3 Å². The summed E-state index contributed by atoms with van der Waals surface area (Å²) in [6.07, 6.45) is -16.0. The van der Waals surface area contributed by atoms with E-state index in [2.05, 4.69) is 0 Å². The normalized spacial score (nSPS) is 36.9. The third-order valence-electron chi connectivity index (χ3n) is 7.92. The van der Waals surface area contributed by atoms with Crippen molar-refractivity contribution in [1.29, 1.82) is 0 Å². The molecular weight excluding hydrogens is 548 g/mol. The highest BCUT2D eigenvalue weighted by atomic mass is 16.7. The second-order valence-electron chi connectivity index (χ2n) is 10.4. The SMILES string of the molecule is O=C1c2c(O)cc(CO)cc2[C@H](C2O[C@H](CO)[C@@H](O)[C@H](O)[C@H]2O)c2cccc(O[C@@H]3O[C@H](CO)[C@@H](O)[C@H](O)[C@H]3O)c21. The van der Waals surface area contributed by atoms with Crippen LogP contribution in [0.5, 0.6) is 11.5 Å². The van der Waals surface area contributed by atoms with Crippen LogP contribution in [0.4, 0.5) is 0 Å². The Morgan fingerprint density at radius 2 is 1.37 bits per heavy atom. The number of phenolic OH excluding ortho intramolecular Hbond substituents is 1. The number of hydrogen-bond donors (Lipinski definition) is 10. The maximum atomic E-state index is 13.9. The minimum atomic E-state index is -1.80. The van der Waals surface area contributed by atoms with Crippen LogP contribution >= 0.6 is 0 Å². The predicted molar refractivity (Wildman–Crippen MR) is 134 cm³/mol. The molecule has 2 saturated heterocycles. The predicted octanol–water partition coefficient (Wildman–Crippen LogP) is -3.42. The fourth-order valence-corrected chi connectivity index (χ4v) is 5.78. The molecule has 0 radical (unpaired) electrons. The average molecular weight is 581 g/mol. The lowest BCUT2D eigenvalue weighted by atomic mass is 9.71. The minimum Gasteiger partial charge on any atom is -0.507 e. The van der Waals surface area contributed by atoms with Gasteiger partial charge in [-0.3, -0.25) is 4.79 Å². The molecule has 14 heteroatoms. The Kier molecular flexibility index (Phi) is 8.35. The molecule has 2 heterocycles. The molecule has 0 amide bonds. The number of aromatic hydroxyl groups is 1. The lowest BCUT2D eigenvalue weighted by Crippen LogP contribution is -2.60. The van der Waals surface area contributed by atoms with Crippen LogP contribution in [-0.2, 0) is 16.1 Å². The summed E-state index contributed by atoms with van der Waals surface area (Å²) in [7, 11) is 0. The van der Waals surface area contributed by atoms with Gasteiger partial charge in [-0.15, -0.1) is 0 Å². The van der Waals surface area contributed by atoms with E-state index in [0.29, 0.717) is 0 Å². The summed E-state index contributed by atoms with van der Waals surface area (Å²) in [6, 6.07) is 6.89. The largest absolute Gasteiger partial charge is 0.507 e. The number of ketones is 1. The molecule has 0 aromatic heterocycles. The molecule has 2 fully saturated rings. The van der Waals surface area contributed by atoms with Gasteiger partial charge in [0.25, 0.3) is 0 Å². The summed E-state index contributed by atoms with van der Waals surface area (Å²) >= 11 is 0. The number of aliphatic hydroxyl groups excluding tert-OH is 9. The Hall–Kier alpha value is -2.73. The molecule has 11 atom stereocenters. The molecule has 0 bridgehead atoms. The summed E-state index contributed by atoms with van der Waals surface area (Å²) < 4.78 is 17.1. The second-order valence-corrected chi connectivity index (χ2v) is 10.4. The molecule has 2 aromatic rings. The Morgan fingerprint density at radius 1 is 0.732 bits per heavy atom. The maximum absolute atomic E-state index is 13.9. The molecule has 0 saturated carbocycles. The van der Waals surface area contributed by atoms with Crippen molar-refractivity contribution >= 4 is 5.78 Å². The van der Waals surface area contributed by atoms with Crippen molar-refractivity contribution in [2.45, 2.75) is 73.8 Å². The molecule has 2 aliphatic heterocycles. The lowest BCUT2D eigenvalue weighted by molar-refractivity contribution is -0.277. The van der Waals surface area contributed by atoms with Crippen molar-refractivity contribution in [2.24, 2.45) is 0 Å². The monoisotopic (exact) mass is 580 g/mol. The summed E-state index contributed by atoms with van der Waals surface area (Å²) in [5, 5.41) is 103. The number of hydrogen-bond acceptors (Lipinski definition) is 14. The Bertz CT molecular complexity index is 1280. The summed E-state index contributed by atoms with van der Waals surface area (Å²) in [5.41, 5.74) is 0.123. The van der Waals surface area contributed by atoms with E-state index in [9.17, 15) is 55.9 Å². The van der Waals surface area contributed by atoms with Crippen LogP contribution in [0.15, 0.2) is 30.3 Å². The number of benzene rings is 2. The van der Waals surface area contributed by atoms with Gasteiger partial charge in [0.1, 0.15) is 60.3 Å². The van der Waals surface area contributed by atoms with Gasteiger partial charge in [0.15, 0.2) is 0 Å². The highest BCUT2D eigenvalue weighted by molar-refractivity contribution is 6.16. The number of carbonyl (C=O) groups excluding carboxylic acids is 1. The molecule has 14 nitrogen and oxygen atoms in total. The molecule has 1 unspecified atom stereocenters. The van der Waals surface area contributed by atoms with Gasteiger partial charge >= 0.3 is 0 Å². The molecule has 2 aromatic carbocycles. The van der Waals surface area contributed by atoms with Crippen LogP contribution in [-0.4, -0.2) is 131 Å². The van der Waals surface area contributed by atoms with Gasteiger partial charge in [0.2, 0.25) is 12.1 Å². The van der Waals surface area contributed by atoms with Crippen LogP contribution in [0.3, 0.4) is 0 Å². The van der Waals surface area contributed by atoms with E-state index in [1.807, 2.05) is 0 Å². The van der Waals surface area contributed by atoms with Crippen LogP contribution in [0, 0.1) is 0 Å². The average Bonchev–Trinajstić information content (AvgIpc) is 2.96. The first-order valence-electron chi connectivity index (χ1n) is 13.0. The standard InChI is InChI=1S/C27H32O14/c28-6-9-4-11-16(26-24(37)22(35)19(32)14(7-29)39-26)10-2-1-3-13(18(10)21(34)17(11)12(31)5-9)40-27-25(38)23(36)20(33)15(8-30)41-27/h1-5,14-16,19-20,22-33,35-38H,6-8H2/t14-,15-,16-,19-,20-,22+,23+,24-,25-,26?,27-/m1/s1. The minimum absolute atomic E-state index is 0.126. The molecule has 0 spiro atoms. The van der Waals surface area contributed by atoms with Crippen molar-refractivity contribution in [3.05, 3.63) is 58.1 Å². The van der Waals surface area contributed by atoms with E-state index in [0.717, 1.165) is 0 Å². The summed E-state index contributed by atoms with van der Waals surface area (Å²) in [6.45, 7) is -1.94. The molecule has 224 valence electrons. The van der Waals surface area contributed by atoms with Gasteiger partial charge in [-0.1, -0.05) is 18.2 Å². The number of phenols is 1. The number of rotatable bonds is 6. The van der Waals surface area contributed by atoms with E-state index >= 15 is 0 Å². The molecule has 5 rings (SSSR count). The van der Waals surface area contributed by atoms with Gasteiger partial charge in [0.05, 0.1) is 37.1 Å². The van der Waals surface area contributed by atoms with Crippen molar-refractivity contribution in [3.63, 3.8) is 0 Å². The molecular formula is C27H32O14. The fourth-order valence-electron chi connectivity index (χ4n) is 5.78. The number of fused-ring (bicyclic) bond motifs is 2. The first-order chi connectivity index (χ1) is 19.5. The molecule has 41 heavy (non-hydrogen) atoms. The topological polar surface area (TPSA) is 247 Å². The van der Waals surface area contributed by atoms with Crippen LogP contribution < -0.4 is 4.74 Å². The van der Waals surface area contributed by atoms with Gasteiger partial charge in [-0.05, 0) is 28.8 Å². The van der Waals surface area contributed by atoms with Gasteiger partial charge in [0, 0.05) is 5.92 Å². The lowest BCUT2D eigenvalue weighted by Gasteiger charge is -2.45. The van der Waals surface area contributed by atoms with Gasteiger partial charge in [-0.25, -0.2) is 0 Å². The molecule has 1 aliphatic carbocycles. The van der Waals surface area contributed by atoms with E-state index in [-0.39, 0.29) is 33.6 Å². The second kappa shape index (κ2) is 11.5. The van der Waals surface area contributed by atoms with Crippen molar-refractivity contribution in [3.8, 4) is 11.5 Å².